The van der Waals surface area contributed by atoms with Crippen LogP contribution in [0.3, 0.4) is 0 Å². The fourth-order valence-electron chi connectivity index (χ4n) is 1.39. The first kappa shape index (κ1) is 8.97. The Morgan fingerprint density at radius 3 is 3.00 bits per heavy atom. The molecule has 3 nitrogen and oxygen atoms in total. The highest BCUT2D eigenvalue weighted by atomic mass is 16.5. The smallest absolute Gasteiger partial charge is 0.306 e. The Kier molecular flexibility index (Phi) is 3.02. The molecule has 0 amide bonds. The minimum Gasteiger partial charge on any atom is -0.465 e. The normalized spacial score (nSPS) is 29.2. The molecule has 1 heterocycles. The maximum absolute atomic E-state index is 10.8. The van der Waals surface area contributed by atoms with Gasteiger partial charge in [0.25, 0.3) is 0 Å². The van der Waals surface area contributed by atoms with Crippen LogP contribution in [-0.2, 0) is 14.3 Å². The monoisotopic (exact) mass is 168 g/mol. The molecule has 0 radical (unpaired) electrons. The van der Waals surface area contributed by atoms with Crippen molar-refractivity contribution in [2.24, 2.45) is 11.8 Å². The van der Waals surface area contributed by atoms with Gasteiger partial charge in [0.2, 0.25) is 0 Å². The van der Waals surface area contributed by atoms with Gasteiger partial charge in [-0.2, -0.15) is 0 Å². The summed E-state index contributed by atoms with van der Waals surface area (Å²) in [6.45, 7) is 4.01. The van der Waals surface area contributed by atoms with Gasteiger partial charge in [0.15, 0.2) is 0 Å². The maximum Gasteiger partial charge on any atom is 0.306 e. The molecule has 0 aromatic rings. The van der Waals surface area contributed by atoms with Gasteiger partial charge in [-0.15, -0.1) is 6.58 Å². The molecule has 0 aromatic heterocycles. The summed E-state index contributed by atoms with van der Waals surface area (Å²) in [5.74, 6) is 0.0362. The van der Waals surface area contributed by atoms with E-state index in [9.17, 15) is 9.59 Å². The van der Waals surface area contributed by atoms with Gasteiger partial charge in [-0.1, -0.05) is 6.08 Å². The van der Waals surface area contributed by atoms with Gasteiger partial charge >= 0.3 is 5.97 Å². The third kappa shape index (κ3) is 1.94. The summed E-state index contributed by atoms with van der Waals surface area (Å²) in [7, 11) is 0. The van der Waals surface area contributed by atoms with E-state index in [1.54, 1.807) is 6.08 Å². The summed E-state index contributed by atoms with van der Waals surface area (Å²) in [5.41, 5.74) is 0. The van der Waals surface area contributed by atoms with Crippen molar-refractivity contribution in [3.05, 3.63) is 12.7 Å². The molecule has 1 saturated heterocycles. The number of hydrogen-bond donors (Lipinski definition) is 0. The van der Waals surface area contributed by atoms with Crippen molar-refractivity contribution in [2.45, 2.75) is 12.8 Å². The first-order valence-electron chi connectivity index (χ1n) is 3.99. The molecule has 0 bridgehead atoms. The van der Waals surface area contributed by atoms with Crippen molar-refractivity contribution in [3.8, 4) is 0 Å². The lowest BCUT2D eigenvalue weighted by Gasteiger charge is -2.26. The Labute approximate surface area is 71.4 Å². The van der Waals surface area contributed by atoms with Crippen LogP contribution in [0.1, 0.15) is 12.8 Å². The van der Waals surface area contributed by atoms with E-state index in [2.05, 4.69) is 6.58 Å². The molecule has 1 fully saturated rings. The van der Waals surface area contributed by atoms with Crippen LogP contribution in [0.2, 0.25) is 0 Å². The Balaban J connectivity index is 2.56. The van der Waals surface area contributed by atoms with Gasteiger partial charge in [0, 0.05) is 18.8 Å². The van der Waals surface area contributed by atoms with Crippen LogP contribution in [0.15, 0.2) is 12.7 Å². The Bertz CT molecular complexity index is 198. The Morgan fingerprint density at radius 1 is 1.67 bits per heavy atom. The van der Waals surface area contributed by atoms with E-state index in [0.29, 0.717) is 19.4 Å². The molecule has 3 heteroatoms. The lowest BCUT2D eigenvalue weighted by atomic mass is 9.86. The van der Waals surface area contributed by atoms with Crippen molar-refractivity contribution in [1.82, 2.24) is 0 Å². The second-order valence-electron chi connectivity index (χ2n) is 2.95. The molecular formula is C9H12O3. The van der Waals surface area contributed by atoms with E-state index < -0.39 is 0 Å². The summed E-state index contributed by atoms with van der Waals surface area (Å²) < 4.78 is 4.83. The zero-order valence-electron chi connectivity index (χ0n) is 6.86. The number of hydrogen-bond acceptors (Lipinski definition) is 3. The summed E-state index contributed by atoms with van der Waals surface area (Å²) >= 11 is 0. The molecule has 12 heavy (non-hydrogen) atoms. The molecule has 0 N–H and O–H groups in total. The van der Waals surface area contributed by atoms with Crippen LogP contribution in [0.4, 0.5) is 0 Å². The van der Waals surface area contributed by atoms with Gasteiger partial charge in [-0.3, -0.25) is 4.79 Å². The van der Waals surface area contributed by atoms with Crippen LogP contribution in [0, 0.1) is 11.8 Å². The molecule has 0 aliphatic carbocycles. The SMILES string of the molecule is C=C[C@H]1COC(=O)C[C@@H]1CC=O. The lowest BCUT2D eigenvalue weighted by molar-refractivity contribution is -0.151. The van der Waals surface area contributed by atoms with Crippen LogP contribution < -0.4 is 0 Å². The molecular weight excluding hydrogens is 156 g/mol. The zero-order valence-corrected chi connectivity index (χ0v) is 6.86. The van der Waals surface area contributed by atoms with Gasteiger partial charge in [0.05, 0.1) is 6.61 Å². The molecule has 0 spiro atoms. The van der Waals surface area contributed by atoms with E-state index >= 15 is 0 Å². The molecule has 0 aromatic carbocycles. The molecule has 0 saturated carbocycles. The fourth-order valence-corrected chi connectivity index (χ4v) is 1.39. The molecule has 1 rings (SSSR count). The van der Waals surface area contributed by atoms with E-state index in [1.807, 2.05) is 0 Å². The van der Waals surface area contributed by atoms with Crippen molar-refractivity contribution in [2.75, 3.05) is 6.61 Å². The van der Waals surface area contributed by atoms with Crippen LogP contribution in [-0.4, -0.2) is 18.9 Å². The molecule has 66 valence electrons. The summed E-state index contributed by atoms with van der Waals surface area (Å²) in [6.07, 6.45) is 3.36. The first-order valence-corrected chi connectivity index (χ1v) is 3.99. The third-order valence-corrected chi connectivity index (χ3v) is 2.17. The van der Waals surface area contributed by atoms with E-state index in [-0.39, 0.29) is 17.8 Å². The number of carbonyl (C=O) groups excluding carboxylic acids is 2. The summed E-state index contributed by atoms with van der Waals surface area (Å²) in [6, 6.07) is 0. The van der Waals surface area contributed by atoms with E-state index in [0.717, 1.165) is 6.29 Å². The van der Waals surface area contributed by atoms with Crippen molar-refractivity contribution >= 4 is 12.3 Å². The topological polar surface area (TPSA) is 43.4 Å². The molecule has 0 unspecified atom stereocenters. The van der Waals surface area contributed by atoms with Gasteiger partial charge in [-0.05, 0) is 5.92 Å². The predicted molar refractivity (Wildman–Crippen MR) is 43.4 cm³/mol. The highest BCUT2D eigenvalue weighted by molar-refractivity contribution is 5.71. The Morgan fingerprint density at radius 2 is 2.42 bits per heavy atom. The lowest BCUT2D eigenvalue weighted by Crippen LogP contribution is -2.29. The van der Waals surface area contributed by atoms with Crippen LogP contribution in [0.25, 0.3) is 0 Å². The van der Waals surface area contributed by atoms with E-state index in [1.165, 1.54) is 0 Å². The second-order valence-corrected chi connectivity index (χ2v) is 2.95. The molecule has 2 atom stereocenters. The maximum atomic E-state index is 10.8. The number of esters is 1. The largest absolute Gasteiger partial charge is 0.465 e. The average molecular weight is 168 g/mol. The minimum atomic E-state index is -0.208. The quantitative estimate of drug-likeness (QED) is 0.358. The average Bonchev–Trinajstić information content (AvgIpc) is 2.05. The number of aldehydes is 1. The number of cyclic esters (lactones) is 1. The number of rotatable bonds is 3. The zero-order chi connectivity index (χ0) is 8.97. The first-order chi connectivity index (χ1) is 5.77. The fraction of sp³-hybridized carbons (Fsp3) is 0.556. The number of ether oxygens (including phenoxy) is 1. The van der Waals surface area contributed by atoms with E-state index in [4.69, 9.17) is 4.74 Å². The van der Waals surface area contributed by atoms with Crippen molar-refractivity contribution in [1.29, 1.82) is 0 Å². The predicted octanol–water partition coefficient (Wildman–Crippen LogP) is 0.941. The molecule has 1 aliphatic rings. The second kappa shape index (κ2) is 4.04. The van der Waals surface area contributed by atoms with Crippen LogP contribution >= 0.6 is 0 Å². The van der Waals surface area contributed by atoms with Crippen molar-refractivity contribution < 1.29 is 14.3 Å². The highest BCUT2D eigenvalue weighted by Gasteiger charge is 2.27. The summed E-state index contributed by atoms with van der Waals surface area (Å²) in [5, 5.41) is 0. The Hall–Kier alpha value is -1.12. The summed E-state index contributed by atoms with van der Waals surface area (Å²) in [4.78, 5) is 21.1. The van der Waals surface area contributed by atoms with Gasteiger partial charge < -0.3 is 9.53 Å². The molecule has 1 aliphatic heterocycles. The standard InChI is InChI=1S/C9H12O3/c1-2-7-6-12-9(11)5-8(7)3-4-10/h2,4,7-8H,1,3,5-6H2/t7-,8-/m0/s1. The van der Waals surface area contributed by atoms with Crippen molar-refractivity contribution in [3.63, 3.8) is 0 Å². The minimum absolute atomic E-state index is 0.0984. The number of carbonyl (C=O) groups is 2. The third-order valence-electron chi connectivity index (χ3n) is 2.17. The van der Waals surface area contributed by atoms with Gasteiger partial charge in [-0.25, -0.2) is 0 Å². The van der Waals surface area contributed by atoms with Gasteiger partial charge in [0.1, 0.15) is 6.29 Å². The highest BCUT2D eigenvalue weighted by Crippen LogP contribution is 2.25. The van der Waals surface area contributed by atoms with Crippen LogP contribution in [0.5, 0.6) is 0 Å².